The maximum Gasteiger partial charge on any atom is 0.233 e. The molecule has 4 rings (SSSR count). The second kappa shape index (κ2) is 5.22. The molecule has 110 valence electrons. The fourth-order valence-corrected chi connectivity index (χ4v) is 2.99. The fourth-order valence-electron chi connectivity index (χ4n) is 2.99. The first kappa shape index (κ1) is 13.5. The van der Waals surface area contributed by atoms with Crippen LogP contribution in [0.4, 0.5) is 11.5 Å². The predicted octanol–water partition coefficient (Wildman–Crippen LogP) is 3.72. The van der Waals surface area contributed by atoms with Crippen LogP contribution in [0.5, 0.6) is 0 Å². The molecule has 0 saturated carbocycles. The lowest BCUT2D eigenvalue weighted by Crippen LogP contribution is -2.31. The van der Waals surface area contributed by atoms with Gasteiger partial charge >= 0.3 is 0 Å². The molecule has 0 fully saturated rings. The van der Waals surface area contributed by atoms with Crippen molar-refractivity contribution in [3.8, 4) is 6.07 Å². The highest BCUT2D eigenvalue weighted by molar-refractivity contribution is 6.03. The highest BCUT2D eigenvalue weighted by Crippen LogP contribution is 2.33. The first-order valence-electron chi connectivity index (χ1n) is 7.48. The molecule has 2 heterocycles. The third-order valence-electron chi connectivity index (χ3n) is 4.12. The van der Waals surface area contributed by atoms with E-state index in [1.54, 1.807) is 17.0 Å². The average molecular weight is 299 g/mol. The van der Waals surface area contributed by atoms with Gasteiger partial charge in [0.15, 0.2) is 0 Å². The van der Waals surface area contributed by atoms with Gasteiger partial charge in [0.1, 0.15) is 5.82 Å². The van der Waals surface area contributed by atoms with E-state index in [-0.39, 0.29) is 5.91 Å². The van der Waals surface area contributed by atoms with E-state index in [2.05, 4.69) is 17.1 Å². The Bertz CT molecular complexity index is 972. The number of benzene rings is 2. The Morgan fingerprint density at radius 1 is 1.04 bits per heavy atom. The summed E-state index contributed by atoms with van der Waals surface area (Å²) in [5, 5.41) is 9.87. The number of carbonyl (C=O) groups excluding carboxylic acids is 1. The van der Waals surface area contributed by atoms with Crippen molar-refractivity contribution in [2.24, 2.45) is 0 Å². The first-order chi connectivity index (χ1) is 11.3. The molecule has 0 saturated heterocycles. The number of pyridine rings is 1. The molecule has 0 bridgehead atoms. The SMILES string of the molecule is N#Cc1ccc2nc(N3C(=O)CCc4ccccc43)ccc2c1. The summed E-state index contributed by atoms with van der Waals surface area (Å²) < 4.78 is 0. The predicted molar refractivity (Wildman–Crippen MR) is 88.4 cm³/mol. The van der Waals surface area contributed by atoms with E-state index in [1.165, 1.54) is 0 Å². The number of fused-ring (bicyclic) bond motifs is 2. The molecule has 0 atom stereocenters. The maximum absolute atomic E-state index is 12.4. The molecule has 23 heavy (non-hydrogen) atoms. The van der Waals surface area contributed by atoms with Gasteiger partial charge in [-0.3, -0.25) is 9.69 Å². The summed E-state index contributed by atoms with van der Waals surface area (Å²) in [4.78, 5) is 18.7. The van der Waals surface area contributed by atoms with Gasteiger partial charge in [-0.15, -0.1) is 0 Å². The number of anilines is 2. The van der Waals surface area contributed by atoms with Crippen LogP contribution in [0.2, 0.25) is 0 Å². The quantitative estimate of drug-likeness (QED) is 0.688. The molecule has 4 heteroatoms. The third-order valence-corrected chi connectivity index (χ3v) is 4.12. The van der Waals surface area contributed by atoms with Crippen molar-refractivity contribution in [1.82, 2.24) is 4.98 Å². The molecule has 0 spiro atoms. The molecule has 1 aliphatic rings. The van der Waals surface area contributed by atoms with Crippen molar-refractivity contribution in [2.75, 3.05) is 4.90 Å². The number of aromatic nitrogens is 1. The van der Waals surface area contributed by atoms with Crippen LogP contribution in [0.15, 0.2) is 54.6 Å². The summed E-state index contributed by atoms with van der Waals surface area (Å²) in [5.41, 5.74) is 3.45. The highest BCUT2D eigenvalue weighted by atomic mass is 16.2. The molecule has 1 aromatic heterocycles. The molecule has 1 amide bonds. The smallest absolute Gasteiger partial charge is 0.233 e. The number of rotatable bonds is 1. The largest absolute Gasteiger partial charge is 0.274 e. The van der Waals surface area contributed by atoms with E-state index in [0.717, 1.165) is 28.6 Å². The summed E-state index contributed by atoms with van der Waals surface area (Å²) in [5.74, 6) is 0.684. The summed E-state index contributed by atoms with van der Waals surface area (Å²) in [6.45, 7) is 0. The summed E-state index contributed by atoms with van der Waals surface area (Å²) in [7, 11) is 0. The Morgan fingerprint density at radius 2 is 1.91 bits per heavy atom. The van der Waals surface area contributed by atoms with Crippen molar-refractivity contribution in [1.29, 1.82) is 5.26 Å². The van der Waals surface area contributed by atoms with Crippen LogP contribution in [0.1, 0.15) is 17.5 Å². The second-order valence-electron chi connectivity index (χ2n) is 5.55. The number of nitrogens with zero attached hydrogens (tertiary/aromatic N) is 3. The van der Waals surface area contributed by atoms with Crippen LogP contribution in [-0.2, 0) is 11.2 Å². The first-order valence-corrected chi connectivity index (χ1v) is 7.48. The number of aryl methyl sites for hydroxylation is 1. The Morgan fingerprint density at radius 3 is 2.78 bits per heavy atom. The molecular weight excluding hydrogens is 286 g/mol. The molecule has 4 nitrogen and oxygen atoms in total. The van der Waals surface area contributed by atoms with Gasteiger partial charge in [0.25, 0.3) is 0 Å². The minimum atomic E-state index is 0.0594. The Labute approximate surface area is 133 Å². The van der Waals surface area contributed by atoms with Crippen molar-refractivity contribution in [3.05, 3.63) is 65.7 Å². The number of carbonyl (C=O) groups is 1. The fraction of sp³-hybridized carbons (Fsp3) is 0.105. The second-order valence-corrected chi connectivity index (χ2v) is 5.55. The van der Waals surface area contributed by atoms with Gasteiger partial charge in [0.05, 0.1) is 22.8 Å². The van der Waals surface area contributed by atoms with Gasteiger partial charge in [-0.25, -0.2) is 4.98 Å². The van der Waals surface area contributed by atoms with E-state index < -0.39 is 0 Å². The van der Waals surface area contributed by atoms with Crippen molar-refractivity contribution in [2.45, 2.75) is 12.8 Å². The lowest BCUT2D eigenvalue weighted by Gasteiger charge is -2.28. The van der Waals surface area contributed by atoms with Crippen LogP contribution < -0.4 is 4.90 Å². The summed E-state index contributed by atoms with van der Waals surface area (Å²) >= 11 is 0. The third kappa shape index (κ3) is 2.23. The molecule has 0 N–H and O–H groups in total. The van der Waals surface area contributed by atoms with Gasteiger partial charge in [-0.1, -0.05) is 18.2 Å². The van der Waals surface area contributed by atoms with Crippen LogP contribution in [0.3, 0.4) is 0 Å². The molecular formula is C19H13N3O. The van der Waals surface area contributed by atoms with E-state index >= 15 is 0 Å². The number of hydrogen-bond acceptors (Lipinski definition) is 3. The van der Waals surface area contributed by atoms with Crippen LogP contribution in [0.25, 0.3) is 10.9 Å². The van der Waals surface area contributed by atoms with E-state index in [9.17, 15) is 4.79 Å². The highest BCUT2D eigenvalue weighted by Gasteiger charge is 2.26. The van der Waals surface area contributed by atoms with Crippen molar-refractivity contribution in [3.63, 3.8) is 0 Å². The summed E-state index contributed by atoms with van der Waals surface area (Å²) in [6, 6.07) is 19.2. The lowest BCUT2D eigenvalue weighted by molar-refractivity contribution is -0.118. The zero-order valence-corrected chi connectivity index (χ0v) is 12.4. The van der Waals surface area contributed by atoms with Gasteiger partial charge in [-0.2, -0.15) is 5.26 Å². The molecule has 3 aromatic rings. The van der Waals surface area contributed by atoms with Crippen molar-refractivity contribution >= 4 is 28.3 Å². The van der Waals surface area contributed by atoms with E-state index in [0.29, 0.717) is 17.8 Å². The van der Waals surface area contributed by atoms with Gasteiger partial charge in [0, 0.05) is 11.8 Å². The standard InChI is InChI=1S/C19H13N3O/c20-12-13-5-8-16-15(11-13)6-9-18(21-16)22-17-4-2-1-3-14(17)7-10-19(22)23/h1-6,8-9,11H,7,10H2. The Balaban J connectivity index is 1.86. The van der Waals surface area contributed by atoms with Crippen molar-refractivity contribution < 1.29 is 4.79 Å². The number of para-hydroxylation sites is 1. The van der Waals surface area contributed by atoms with Crippen LogP contribution in [-0.4, -0.2) is 10.9 Å². The Kier molecular flexibility index (Phi) is 3.06. The maximum atomic E-state index is 12.4. The average Bonchev–Trinajstić information content (AvgIpc) is 2.60. The molecule has 0 aliphatic carbocycles. The number of amides is 1. The topological polar surface area (TPSA) is 57.0 Å². The zero-order valence-electron chi connectivity index (χ0n) is 12.4. The van der Waals surface area contributed by atoms with Crippen LogP contribution >= 0.6 is 0 Å². The number of nitriles is 1. The van der Waals surface area contributed by atoms with E-state index in [4.69, 9.17) is 5.26 Å². The minimum absolute atomic E-state index is 0.0594. The summed E-state index contributed by atoms with van der Waals surface area (Å²) in [6.07, 6.45) is 1.26. The zero-order chi connectivity index (χ0) is 15.8. The lowest BCUT2D eigenvalue weighted by atomic mass is 10.0. The molecule has 1 aliphatic heterocycles. The normalized spacial score (nSPS) is 13.7. The van der Waals surface area contributed by atoms with Gasteiger partial charge in [0.2, 0.25) is 5.91 Å². The molecule has 0 radical (unpaired) electrons. The van der Waals surface area contributed by atoms with E-state index in [1.807, 2.05) is 36.4 Å². The van der Waals surface area contributed by atoms with Gasteiger partial charge in [-0.05, 0) is 48.4 Å². The van der Waals surface area contributed by atoms with Crippen LogP contribution in [0, 0.1) is 11.3 Å². The van der Waals surface area contributed by atoms with Gasteiger partial charge < -0.3 is 0 Å². The Hall–Kier alpha value is -3.19. The monoisotopic (exact) mass is 299 g/mol. The number of hydrogen-bond donors (Lipinski definition) is 0. The molecule has 0 unspecified atom stereocenters. The molecule has 2 aromatic carbocycles. The minimum Gasteiger partial charge on any atom is -0.274 e.